The molecule has 134 valence electrons. The summed E-state index contributed by atoms with van der Waals surface area (Å²) < 4.78 is 5.63. The van der Waals surface area contributed by atoms with Gasteiger partial charge in [-0.2, -0.15) is 0 Å². The molecule has 25 heavy (non-hydrogen) atoms. The molecule has 0 aliphatic carbocycles. The Labute approximate surface area is 167 Å². The topological polar surface area (TPSA) is 33.6 Å². The van der Waals surface area contributed by atoms with Crippen molar-refractivity contribution in [1.29, 1.82) is 0 Å². The number of hydrogen-bond donors (Lipinski definition) is 1. The quantitative estimate of drug-likeness (QED) is 0.239. The van der Waals surface area contributed by atoms with E-state index in [1.807, 2.05) is 32.0 Å². The Morgan fingerprint density at radius 2 is 1.76 bits per heavy atom. The zero-order chi connectivity index (χ0) is 18.4. The summed E-state index contributed by atoms with van der Waals surface area (Å²) in [6.45, 7) is 4.90. The number of nitrogens with one attached hydrogen (secondary N) is 1. The van der Waals surface area contributed by atoms with E-state index in [0.29, 0.717) is 39.0 Å². The monoisotopic (exact) mass is 418 g/mol. The zero-order valence-electron chi connectivity index (χ0n) is 13.9. The molecule has 0 heterocycles. The van der Waals surface area contributed by atoms with Gasteiger partial charge in [-0.3, -0.25) is 4.99 Å². The van der Waals surface area contributed by atoms with Crippen LogP contribution in [0.2, 0.25) is 20.1 Å². The predicted molar refractivity (Wildman–Crippen MR) is 109 cm³/mol. The number of rotatable bonds is 6. The van der Waals surface area contributed by atoms with E-state index >= 15 is 0 Å². The zero-order valence-corrected chi connectivity index (χ0v) is 16.9. The molecule has 0 unspecified atom stereocenters. The number of halogens is 4. The summed E-state index contributed by atoms with van der Waals surface area (Å²) in [7, 11) is 0. The molecule has 0 spiro atoms. The molecule has 0 saturated heterocycles. The van der Waals surface area contributed by atoms with Crippen LogP contribution in [0, 0.1) is 6.92 Å². The van der Waals surface area contributed by atoms with E-state index in [2.05, 4.69) is 10.3 Å². The van der Waals surface area contributed by atoms with Gasteiger partial charge in [-0.05, 0) is 36.8 Å². The van der Waals surface area contributed by atoms with E-state index in [1.165, 1.54) is 0 Å². The molecule has 0 radical (unpaired) electrons. The van der Waals surface area contributed by atoms with Crippen molar-refractivity contribution in [1.82, 2.24) is 0 Å². The molecule has 0 amide bonds. The summed E-state index contributed by atoms with van der Waals surface area (Å²) in [4.78, 5) is 4.53. The fourth-order valence-electron chi connectivity index (χ4n) is 2.11. The molecule has 1 N–H and O–H groups in total. The minimum atomic E-state index is 0.377. The molecule has 0 bridgehead atoms. The highest BCUT2D eigenvalue weighted by atomic mass is 35.5. The van der Waals surface area contributed by atoms with Crippen molar-refractivity contribution in [3.8, 4) is 5.75 Å². The van der Waals surface area contributed by atoms with Gasteiger partial charge in [-0.25, -0.2) is 0 Å². The van der Waals surface area contributed by atoms with Crippen LogP contribution in [0.3, 0.4) is 0 Å². The summed E-state index contributed by atoms with van der Waals surface area (Å²) in [5.74, 6) is 1.36. The van der Waals surface area contributed by atoms with Crippen molar-refractivity contribution in [2.75, 3.05) is 18.5 Å². The minimum absolute atomic E-state index is 0.377. The van der Waals surface area contributed by atoms with Gasteiger partial charge in [0.25, 0.3) is 0 Å². The molecule has 2 aromatic rings. The first-order chi connectivity index (χ1) is 11.9. The second kappa shape index (κ2) is 9.54. The minimum Gasteiger partial charge on any atom is -0.490 e. The van der Waals surface area contributed by atoms with Gasteiger partial charge in [0.2, 0.25) is 0 Å². The van der Waals surface area contributed by atoms with Crippen molar-refractivity contribution in [2.45, 2.75) is 20.3 Å². The Morgan fingerprint density at radius 1 is 1.04 bits per heavy atom. The highest BCUT2D eigenvalue weighted by Gasteiger charge is 2.07. The third-order valence-corrected chi connectivity index (χ3v) is 4.68. The van der Waals surface area contributed by atoms with Crippen molar-refractivity contribution in [3.05, 3.63) is 56.0 Å². The van der Waals surface area contributed by atoms with Gasteiger partial charge >= 0.3 is 0 Å². The number of amidine groups is 1. The molecular formula is C18H18Cl4N2O. The molecule has 0 aromatic heterocycles. The Hall–Kier alpha value is -1.13. The van der Waals surface area contributed by atoms with Gasteiger partial charge in [0, 0.05) is 23.2 Å². The largest absolute Gasteiger partial charge is 0.490 e. The van der Waals surface area contributed by atoms with E-state index in [0.717, 1.165) is 23.5 Å². The Bertz CT molecular complexity index is 778. The normalized spacial score (nSPS) is 11.5. The highest BCUT2D eigenvalue weighted by molar-refractivity contribution is 6.43. The lowest BCUT2D eigenvalue weighted by molar-refractivity contribution is 0.329. The maximum atomic E-state index is 6.08. The molecule has 2 rings (SSSR count). The number of anilines is 1. The van der Waals surface area contributed by atoms with Crippen LogP contribution in [0.5, 0.6) is 5.75 Å². The second-order valence-corrected chi connectivity index (χ2v) is 6.97. The van der Waals surface area contributed by atoms with E-state index in [-0.39, 0.29) is 0 Å². The average Bonchev–Trinajstić information content (AvgIpc) is 2.56. The SMILES string of the molecule is CCC(=NCCOc1cc(Cl)c(Cl)cc1Cl)Nc1ccc(Cl)cc1C. The maximum absolute atomic E-state index is 6.08. The summed E-state index contributed by atoms with van der Waals surface area (Å²) in [6.07, 6.45) is 0.773. The molecule has 7 heteroatoms. The molecular weight excluding hydrogens is 402 g/mol. The van der Waals surface area contributed by atoms with Gasteiger partial charge in [0.05, 0.1) is 21.6 Å². The Balaban J connectivity index is 1.94. The second-order valence-electron chi connectivity index (χ2n) is 5.31. The summed E-state index contributed by atoms with van der Waals surface area (Å²) in [5, 5.41) is 5.25. The van der Waals surface area contributed by atoms with Crippen molar-refractivity contribution < 1.29 is 4.74 Å². The molecule has 0 atom stereocenters. The summed E-state index contributed by atoms with van der Waals surface area (Å²) in [5.41, 5.74) is 2.05. The summed E-state index contributed by atoms with van der Waals surface area (Å²) >= 11 is 23.9. The summed E-state index contributed by atoms with van der Waals surface area (Å²) in [6, 6.07) is 8.86. The number of benzene rings is 2. The number of nitrogens with zero attached hydrogens (tertiary/aromatic N) is 1. The molecule has 0 saturated carbocycles. The van der Waals surface area contributed by atoms with Crippen molar-refractivity contribution in [3.63, 3.8) is 0 Å². The van der Waals surface area contributed by atoms with Crippen molar-refractivity contribution >= 4 is 57.9 Å². The predicted octanol–water partition coefficient (Wildman–Crippen LogP) is 6.91. The van der Waals surface area contributed by atoms with Crippen LogP contribution in [0.1, 0.15) is 18.9 Å². The van der Waals surface area contributed by atoms with Crippen LogP contribution in [0.4, 0.5) is 5.69 Å². The van der Waals surface area contributed by atoms with Gasteiger partial charge in [0.1, 0.15) is 18.2 Å². The number of aliphatic imine (C=N–C) groups is 1. The highest BCUT2D eigenvalue weighted by Crippen LogP contribution is 2.33. The van der Waals surface area contributed by atoms with E-state index in [9.17, 15) is 0 Å². The molecule has 3 nitrogen and oxygen atoms in total. The standard InChI is InChI=1S/C18H18Cl4N2O/c1-3-18(24-16-5-4-12(19)8-11(16)2)23-6-7-25-17-10-14(21)13(20)9-15(17)22/h4-5,8-10H,3,6-7H2,1-2H3,(H,23,24). The van der Waals surface area contributed by atoms with Crippen LogP contribution in [0.15, 0.2) is 35.3 Å². The lowest BCUT2D eigenvalue weighted by Crippen LogP contribution is -2.14. The van der Waals surface area contributed by atoms with Crippen LogP contribution in [0.25, 0.3) is 0 Å². The lowest BCUT2D eigenvalue weighted by Gasteiger charge is -2.12. The first kappa shape index (κ1) is 20.2. The van der Waals surface area contributed by atoms with Gasteiger partial charge in [0.15, 0.2) is 0 Å². The molecule has 2 aromatic carbocycles. The molecule has 0 fully saturated rings. The first-order valence-corrected chi connectivity index (χ1v) is 9.25. The number of hydrogen-bond acceptors (Lipinski definition) is 2. The third kappa shape index (κ3) is 5.96. The fourth-order valence-corrected chi connectivity index (χ4v) is 2.93. The Morgan fingerprint density at radius 3 is 2.44 bits per heavy atom. The van der Waals surface area contributed by atoms with E-state index in [4.69, 9.17) is 51.1 Å². The fraction of sp³-hybridized carbons (Fsp3) is 0.278. The van der Waals surface area contributed by atoms with Crippen molar-refractivity contribution in [2.24, 2.45) is 4.99 Å². The number of aryl methyl sites for hydroxylation is 1. The average molecular weight is 420 g/mol. The van der Waals surface area contributed by atoms with E-state index < -0.39 is 0 Å². The van der Waals surface area contributed by atoms with Crippen LogP contribution in [-0.2, 0) is 0 Å². The third-order valence-electron chi connectivity index (χ3n) is 3.43. The van der Waals surface area contributed by atoms with E-state index in [1.54, 1.807) is 12.1 Å². The van der Waals surface area contributed by atoms with Gasteiger partial charge in [-0.1, -0.05) is 53.3 Å². The first-order valence-electron chi connectivity index (χ1n) is 7.74. The molecule has 0 aliphatic rings. The molecule has 0 aliphatic heterocycles. The smallest absolute Gasteiger partial charge is 0.139 e. The lowest BCUT2D eigenvalue weighted by atomic mass is 10.2. The van der Waals surface area contributed by atoms with Crippen LogP contribution >= 0.6 is 46.4 Å². The van der Waals surface area contributed by atoms with Crippen LogP contribution in [-0.4, -0.2) is 19.0 Å². The van der Waals surface area contributed by atoms with Gasteiger partial charge < -0.3 is 10.1 Å². The van der Waals surface area contributed by atoms with Crippen LogP contribution < -0.4 is 10.1 Å². The van der Waals surface area contributed by atoms with Gasteiger partial charge in [-0.15, -0.1) is 0 Å². The Kier molecular flexibility index (Phi) is 7.70. The number of ether oxygens (including phenoxy) is 1. The maximum Gasteiger partial charge on any atom is 0.139 e.